The number of aliphatic imine (C=N–C) groups is 1. The fourth-order valence-corrected chi connectivity index (χ4v) is 5.21. The zero-order valence-corrected chi connectivity index (χ0v) is 18.4. The largest absolute Gasteiger partial charge is 0.493 e. The van der Waals surface area contributed by atoms with Gasteiger partial charge in [-0.05, 0) is 61.7 Å². The zero-order chi connectivity index (χ0) is 20.9. The molecule has 0 aromatic heterocycles. The Hall–Kier alpha value is -2.53. The summed E-state index contributed by atoms with van der Waals surface area (Å²) in [6, 6.07) is 18.0. The number of rotatable bonds is 5. The molecule has 5 heteroatoms. The topological polar surface area (TPSA) is 41.9 Å². The quantitative estimate of drug-likeness (QED) is 0.536. The summed E-state index contributed by atoms with van der Waals surface area (Å²) in [5.41, 5.74) is 1.80. The van der Waals surface area contributed by atoms with Gasteiger partial charge in [-0.25, -0.2) is 4.99 Å². The Morgan fingerprint density at radius 3 is 2.60 bits per heavy atom. The molecule has 0 unspecified atom stereocenters. The summed E-state index contributed by atoms with van der Waals surface area (Å²) in [6.45, 7) is 4.82. The van der Waals surface area contributed by atoms with Gasteiger partial charge in [-0.15, -0.1) is 0 Å². The third-order valence-electron chi connectivity index (χ3n) is 5.72. The van der Waals surface area contributed by atoms with Crippen molar-refractivity contribution in [2.24, 2.45) is 10.9 Å². The summed E-state index contributed by atoms with van der Waals surface area (Å²) in [5.74, 6) is 1.32. The number of para-hydroxylation sites is 2. The van der Waals surface area contributed by atoms with Crippen molar-refractivity contribution in [3.05, 3.63) is 65.1 Å². The van der Waals surface area contributed by atoms with E-state index in [0.29, 0.717) is 17.4 Å². The van der Waals surface area contributed by atoms with Crippen molar-refractivity contribution in [1.29, 1.82) is 0 Å². The van der Waals surface area contributed by atoms with Gasteiger partial charge in [0.25, 0.3) is 5.91 Å². The second-order valence-corrected chi connectivity index (χ2v) is 8.82. The predicted octanol–water partition coefficient (Wildman–Crippen LogP) is 6.27. The molecule has 156 valence electrons. The summed E-state index contributed by atoms with van der Waals surface area (Å²) in [7, 11) is 0. The van der Waals surface area contributed by atoms with E-state index in [9.17, 15) is 4.79 Å². The predicted molar refractivity (Wildman–Crippen MR) is 125 cm³/mol. The van der Waals surface area contributed by atoms with E-state index >= 15 is 0 Å². The molecule has 1 aliphatic heterocycles. The minimum Gasteiger partial charge on any atom is -0.493 e. The number of carbonyl (C=O) groups is 1. The van der Waals surface area contributed by atoms with E-state index in [-0.39, 0.29) is 11.9 Å². The minimum atomic E-state index is 0.0553. The van der Waals surface area contributed by atoms with Crippen LogP contribution >= 0.6 is 11.8 Å². The van der Waals surface area contributed by atoms with Crippen LogP contribution in [0.4, 0.5) is 5.69 Å². The maximum Gasteiger partial charge on any atom is 0.267 e. The molecule has 1 saturated heterocycles. The number of hydrogen-bond acceptors (Lipinski definition) is 4. The summed E-state index contributed by atoms with van der Waals surface area (Å²) in [4.78, 5) is 21.1. The lowest BCUT2D eigenvalue weighted by molar-refractivity contribution is -0.124. The van der Waals surface area contributed by atoms with Crippen molar-refractivity contribution in [3.63, 3.8) is 0 Å². The van der Waals surface area contributed by atoms with E-state index in [4.69, 9.17) is 9.73 Å². The van der Waals surface area contributed by atoms with Gasteiger partial charge in [0.05, 0.1) is 17.2 Å². The Kier molecular flexibility index (Phi) is 6.58. The molecular formula is C25H28N2O2S. The number of amides is 1. The normalized spacial score (nSPS) is 24.6. The highest BCUT2D eigenvalue weighted by atomic mass is 32.2. The molecule has 2 aromatic carbocycles. The highest BCUT2D eigenvalue weighted by molar-refractivity contribution is 8.18. The number of amidine groups is 1. The van der Waals surface area contributed by atoms with Gasteiger partial charge < -0.3 is 4.74 Å². The van der Waals surface area contributed by atoms with Crippen LogP contribution in [0.25, 0.3) is 6.08 Å². The van der Waals surface area contributed by atoms with Gasteiger partial charge in [0.15, 0.2) is 5.17 Å². The van der Waals surface area contributed by atoms with Gasteiger partial charge in [0.2, 0.25) is 0 Å². The molecule has 0 N–H and O–H groups in total. The summed E-state index contributed by atoms with van der Waals surface area (Å²) in [6.07, 6.45) is 6.54. The molecule has 1 heterocycles. The standard InChI is InChI=1S/C25H28N2O2S/c1-3-29-22-16-10-8-12-19(22)17-23-24(28)27(21-15-9-7-11-18(21)2)25(30-23)26-20-13-5-4-6-14-20/h4-6,8,10,12-14,16-18,21H,3,7,9,11,15H2,1-2H3/b23-17-,26-25?/t18-,21-/m0/s1. The van der Waals surface area contributed by atoms with Crippen molar-refractivity contribution >= 4 is 34.6 Å². The minimum absolute atomic E-state index is 0.0553. The van der Waals surface area contributed by atoms with Crippen LogP contribution in [-0.2, 0) is 4.79 Å². The molecule has 4 rings (SSSR count). The van der Waals surface area contributed by atoms with Crippen molar-refractivity contribution in [2.75, 3.05) is 6.61 Å². The first-order chi connectivity index (χ1) is 14.7. The summed E-state index contributed by atoms with van der Waals surface area (Å²) < 4.78 is 5.76. The lowest BCUT2D eigenvalue weighted by Crippen LogP contribution is -2.44. The SMILES string of the molecule is CCOc1ccccc1/C=C1\SC(=Nc2ccccc2)N([C@H]2CCCC[C@@H]2C)C1=O. The van der Waals surface area contributed by atoms with Crippen molar-refractivity contribution < 1.29 is 9.53 Å². The number of ether oxygens (including phenoxy) is 1. The highest BCUT2D eigenvalue weighted by Gasteiger charge is 2.41. The fourth-order valence-electron chi connectivity index (χ4n) is 4.18. The molecular weight excluding hydrogens is 392 g/mol. The second-order valence-electron chi connectivity index (χ2n) is 7.82. The first-order valence-corrected chi connectivity index (χ1v) is 11.6. The van der Waals surface area contributed by atoms with E-state index in [0.717, 1.165) is 41.4 Å². The molecule has 4 nitrogen and oxygen atoms in total. The summed E-state index contributed by atoms with van der Waals surface area (Å²) in [5, 5.41) is 0.782. The van der Waals surface area contributed by atoms with Gasteiger partial charge in [-0.3, -0.25) is 9.69 Å². The first kappa shape index (κ1) is 20.7. The van der Waals surface area contributed by atoms with Gasteiger partial charge in [0, 0.05) is 11.6 Å². The maximum atomic E-state index is 13.5. The molecule has 0 bridgehead atoms. The Morgan fingerprint density at radius 1 is 1.10 bits per heavy atom. The Labute approximate surface area is 183 Å². The highest BCUT2D eigenvalue weighted by Crippen LogP contribution is 2.40. The van der Waals surface area contributed by atoms with Gasteiger partial charge in [-0.2, -0.15) is 0 Å². The summed E-state index contributed by atoms with van der Waals surface area (Å²) >= 11 is 1.47. The molecule has 2 atom stereocenters. The molecule has 2 fully saturated rings. The van der Waals surface area contributed by atoms with Gasteiger partial charge >= 0.3 is 0 Å². The molecule has 0 spiro atoms. The zero-order valence-electron chi connectivity index (χ0n) is 17.6. The van der Waals surface area contributed by atoms with Crippen molar-refractivity contribution in [2.45, 2.75) is 45.6 Å². The fraction of sp³-hybridized carbons (Fsp3) is 0.360. The Bertz CT molecular complexity index is 955. The average Bonchev–Trinajstić information content (AvgIpc) is 3.05. The molecule has 1 saturated carbocycles. The van der Waals surface area contributed by atoms with Crippen LogP contribution in [-0.4, -0.2) is 28.6 Å². The number of nitrogens with zero attached hydrogens (tertiary/aromatic N) is 2. The molecule has 30 heavy (non-hydrogen) atoms. The molecule has 2 aliphatic rings. The van der Waals surface area contributed by atoms with Crippen molar-refractivity contribution in [1.82, 2.24) is 4.90 Å². The number of benzene rings is 2. The number of carbonyl (C=O) groups excluding carboxylic acids is 1. The van der Waals surface area contributed by atoms with Crippen LogP contribution in [0.2, 0.25) is 0 Å². The van der Waals surface area contributed by atoms with Crippen LogP contribution in [0.3, 0.4) is 0 Å². The molecule has 2 aromatic rings. The van der Waals surface area contributed by atoms with E-state index in [2.05, 4.69) is 6.92 Å². The second kappa shape index (κ2) is 9.52. The van der Waals surface area contributed by atoms with Crippen LogP contribution < -0.4 is 4.74 Å². The van der Waals surface area contributed by atoms with Crippen LogP contribution in [0.1, 0.15) is 45.1 Å². The Balaban J connectivity index is 1.72. The maximum absolute atomic E-state index is 13.5. The number of thioether (sulfide) groups is 1. The molecule has 0 radical (unpaired) electrons. The first-order valence-electron chi connectivity index (χ1n) is 10.8. The van der Waals surface area contributed by atoms with Gasteiger partial charge in [-0.1, -0.05) is 56.2 Å². The van der Waals surface area contributed by atoms with Crippen LogP contribution in [0.5, 0.6) is 5.75 Å². The van der Waals surface area contributed by atoms with Crippen LogP contribution in [0.15, 0.2) is 64.5 Å². The van der Waals surface area contributed by atoms with Gasteiger partial charge in [0.1, 0.15) is 5.75 Å². The molecule has 1 amide bonds. The van der Waals surface area contributed by atoms with E-state index in [1.807, 2.05) is 72.5 Å². The smallest absolute Gasteiger partial charge is 0.267 e. The molecule has 1 aliphatic carbocycles. The van der Waals surface area contributed by atoms with Crippen molar-refractivity contribution in [3.8, 4) is 5.75 Å². The lowest BCUT2D eigenvalue weighted by Gasteiger charge is -2.35. The average molecular weight is 421 g/mol. The van der Waals surface area contributed by atoms with E-state index in [1.165, 1.54) is 18.2 Å². The third-order valence-corrected chi connectivity index (χ3v) is 6.70. The Morgan fingerprint density at radius 2 is 1.83 bits per heavy atom. The van der Waals surface area contributed by atoms with E-state index < -0.39 is 0 Å². The lowest BCUT2D eigenvalue weighted by atomic mass is 9.85. The van der Waals surface area contributed by atoms with E-state index in [1.54, 1.807) is 0 Å². The number of hydrogen-bond donors (Lipinski definition) is 0. The monoisotopic (exact) mass is 420 g/mol. The third kappa shape index (κ3) is 4.46. The van der Waals surface area contributed by atoms with Crippen LogP contribution in [0, 0.1) is 5.92 Å².